The first-order valence-electron chi connectivity index (χ1n) is 8.01. The standard InChI is InChI=1S/C15H24N2O3S2/c18-11-14-9-17(10-15(14)13-5-8-21-12-13)22(19,20)16-6-3-1-2-4-7-16/h5,8,12,14-15,18H,1-4,6-7,9-11H2/t14-,15-/m1/s1. The maximum atomic E-state index is 12.9. The molecule has 3 rings (SSSR count). The van der Waals surface area contributed by atoms with Gasteiger partial charge in [-0.25, -0.2) is 0 Å². The molecule has 5 nitrogen and oxygen atoms in total. The van der Waals surface area contributed by atoms with Gasteiger partial charge in [-0.1, -0.05) is 12.8 Å². The summed E-state index contributed by atoms with van der Waals surface area (Å²) in [6, 6.07) is 2.04. The summed E-state index contributed by atoms with van der Waals surface area (Å²) in [5, 5.41) is 13.7. The number of rotatable bonds is 4. The van der Waals surface area contributed by atoms with Crippen molar-refractivity contribution in [3.63, 3.8) is 0 Å². The molecule has 22 heavy (non-hydrogen) atoms. The van der Waals surface area contributed by atoms with Crippen molar-refractivity contribution in [3.8, 4) is 0 Å². The van der Waals surface area contributed by atoms with Gasteiger partial charge >= 0.3 is 0 Å². The molecule has 0 radical (unpaired) electrons. The second kappa shape index (κ2) is 6.97. The van der Waals surface area contributed by atoms with Gasteiger partial charge in [0.2, 0.25) is 0 Å². The van der Waals surface area contributed by atoms with Crippen LogP contribution in [-0.2, 0) is 10.2 Å². The Labute approximate surface area is 136 Å². The molecular weight excluding hydrogens is 320 g/mol. The lowest BCUT2D eigenvalue weighted by Crippen LogP contribution is -2.43. The third-order valence-corrected chi connectivity index (χ3v) is 7.50. The molecule has 2 aliphatic rings. The van der Waals surface area contributed by atoms with Crippen LogP contribution in [0.1, 0.15) is 37.2 Å². The van der Waals surface area contributed by atoms with Crippen LogP contribution in [0.5, 0.6) is 0 Å². The Balaban J connectivity index is 1.77. The van der Waals surface area contributed by atoms with E-state index in [9.17, 15) is 13.5 Å². The van der Waals surface area contributed by atoms with Crippen LogP contribution in [0, 0.1) is 5.92 Å². The summed E-state index contributed by atoms with van der Waals surface area (Å²) in [5.74, 6) is 0.106. The fourth-order valence-corrected chi connectivity index (χ4v) is 6.00. The van der Waals surface area contributed by atoms with Gasteiger partial charge in [0.1, 0.15) is 0 Å². The van der Waals surface area contributed by atoms with Gasteiger partial charge in [-0.15, -0.1) is 0 Å². The largest absolute Gasteiger partial charge is 0.396 e. The molecule has 1 aromatic heterocycles. The highest BCUT2D eigenvalue weighted by Crippen LogP contribution is 2.35. The van der Waals surface area contributed by atoms with Gasteiger partial charge < -0.3 is 5.11 Å². The van der Waals surface area contributed by atoms with Crippen molar-refractivity contribution in [1.29, 1.82) is 0 Å². The van der Waals surface area contributed by atoms with E-state index in [2.05, 4.69) is 5.38 Å². The van der Waals surface area contributed by atoms with Gasteiger partial charge in [0.05, 0.1) is 0 Å². The van der Waals surface area contributed by atoms with Gasteiger partial charge in [0.25, 0.3) is 10.2 Å². The van der Waals surface area contributed by atoms with Crippen LogP contribution < -0.4 is 0 Å². The average molecular weight is 345 g/mol. The second-order valence-electron chi connectivity index (χ2n) is 6.24. The third kappa shape index (κ3) is 3.23. The van der Waals surface area contributed by atoms with Gasteiger partial charge in [0, 0.05) is 44.6 Å². The summed E-state index contributed by atoms with van der Waals surface area (Å²) in [7, 11) is -3.39. The zero-order valence-electron chi connectivity index (χ0n) is 12.7. The Kier molecular flexibility index (Phi) is 5.19. The first kappa shape index (κ1) is 16.4. The van der Waals surface area contributed by atoms with Crippen molar-refractivity contribution < 1.29 is 13.5 Å². The Hall–Kier alpha value is -0.470. The highest BCUT2D eigenvalue weighted by atomic mass is 32.2. The molecule has 2 saturated heterocycles. The molecule has 1 N–H and O–H groups in total. The number of thiophene rings is 1. The number of aliphatic hydroxyl groups is 1. The van der Waals surface area contributed by atoms with Gasteiger partial charge in [-0.05, 0) is 35.2 Å². The fourth-order valence-electron chi connectivity index (χ4n) is 3.50. The minimum absolute atomic E-state index is 0.00338. The lowest BCUT2D eigenvalue weighted by atomic mass is 9.92. The monoisotopic (exact) mass is 344 g/mol. The van der Waals surface area contributed by atoms with Gasteiger partial charge in [0.15, 0.2) is 0 Å². The lowest BCUT2D eigenvalue weighted by Gasteiger charge is -2.26. The molecule has 2 fully saturated rings. The van der Waals surface area contributed by atoms with Crippen molar-refractivity contribution in [1.82, 2.24) is 8.61 Å². The number of nitrogens with zero attached hydrogens (tertiary/aromatic N) is 2. The molecular formula is C15H24N2O3S2. The van der Waals surface area contributed by atoms with Crippen LogP contribution in [-0.4, -0.2) is 54.9 Å². The number of hydrogen-bond acceptors (Lipinski definition) is 4. The van der Waals surface area contributed by atoms with Crippen molar-refractivity contribution in [2.45, 2.75) is 31.6 Å². The van der Waals surface area contributed by atoms with Crippen LogP contribution in [0.2, 0.25) is 0 Å². The van der Waals surface area contributed by atoms with Crippen LogP contribution >= 0.6 is 11.3 Å². The van der Waals surface area contributed by atoms with E-state index in [1.165, 1.54) is 0 Å². The minimum Gasteiger partial charge on any atom is -0.396 e. The molecule has 3 heterocycles. The Bertz CT molecular complexity index is 566. The van der Waals surface area contributed by atoms with Crippen LogP contribution in [0.25, 0.3) is 0 Å². The van der Waals surface area contributed by atoms with E-state index in [4.69, 9.17) is 0 Å². The summed E-state index contributed by atoms with van der Waals surface area (Å²) in [5.41, 5.74) is 1.15. The van der Waals surface area contributed by atoms with Gasteiger partial charge in [-0.3, -0.25) is 0 Å². The Morgan fingerprint density at radius 1 is 1.14 bits per heavy atom. The molecule has 0 amide bonds. The molecule has 124 valence electrons. The predicted molar refractivity (Wildman–Crippen MR) is 88.2 cm³/mol. The second-order valence-corrected chi connectivity index (χ2v) is 8.95. The van der Waals surface area contributed by atoms with Crippen LogP contribution in [0.15, 0.2) is 16.8 Å². The van der Waals surface area contributed by atoms with E-state index in [1.54, 1.807) is 19.9 Å². The van der Waals surface area contributed by atoms with Crippen molar-refractivity contribution in [2.24, 2.45) is 5.92 Å². The molecule has 7 heteroatoms. The van der Waals surface area contributed by atoms with Crippen molar-refractivity contribution >= 4 is 21.5 Å². The Morgan fingerprint density at radius 2 is 1.86 bits per heavy atom. The minimum atomic E-state index is -3.39. The highest BCUT2D eigenvalue weighted by molar-refractivity contribution is 7.86. The SMILES string of the molecule is O=S(=O)(N1CCCCCC1)N1C[C@H](CO)[C@@H](c2ccsc2)C1. The quantitative estimate of drug-likeness (QED) is 0.907. The van der Waals surface area contributed by atoms with E-state index >= 15 is 0 Å². The summed E-state index contributed by atoms with van der Waals surface area (Å²) in [4.78, 5) is 0. The third-order valence-electron chi connectivity index (χ3n) is 4.83. The fraction of sp³-hybridized carbons (Fsp3) is 0.733. The zero-order chi connectivity index (χ0) is 15.6. The maximum absolute atomic E-state index is 12.9. The highest BCUT2D eigenvalue weighted by Gasteiger charge is 2.41. The molecule has 0 spiro atoms. The Morgan fingerprint density at radius 3 is 2.45 bits per heavy atom. The van der Waals surface area contributed by atoms with Crippen molar-refractivity contribution in [2.75, 3.05) is 32.8 Å². The zero-order valence-corrected chi connectivity index (χ0v) is 14.4. The lowest BCUT2D eigenvalue weighted by molar-refractivity contribution is 0.222. The molecule has 1 aromatic rings. The number of hydrogen-bond donors (Lipinski definition) is 1. The molecule has 0 aliphatic carbocycles. The van der Waals surface area contributed by atoms with Crippen LogP contribution in [0.4, 0.5) is 0 Å². The van der Waals surface area contributed by atoms with E-state index in [1.807, 2.05) is 11.4 Å². The molecule has 2 aliphatic heterocycles. The molecule has 0 saturated carbocycles. The normalized spacial score (nSPS) is 28.8. The van der Waals surface area contributed by atoms with E-state index in [0.717, 1.165) is 31.2 Å². The molecule has 0 aromatic carbocycles. The maximum Gasteiger partial charge on any atom is 0.282 e. The number of aliphatic hydroxyl groups excluding tert-OH is 1. The smallest absolute Gasteiger partial charge is 0.282 e. The topological polar surface area (TPSA) is 60.9 Å². The summed E-state index contributed by atoms with van der Waals surface area (Å²) in [6.45, 7) is 2.21. The van der Waals surface area contributed by atoms with Gasteiger partial charge in [-0.2, -0.15) is 28.4 Å². The molecule has 2 atom stereocenters. The van der Waals surface area contributed by atoms with Crippen molar-refractivity contribution in [3.05, 3.63) is 22.4 Å². The summed E-state index contributed by atoms with van der Waals surface area (Å²) < 4.78 is 29.0. The summed E-state index contributed by atoms with van der Waals surface area (Å²) >= 11 is 1.62. The first-order chi connectivity index (χ1) is 10.6. The van der Waals surface area contributed by atoms with E-state index in [-0.39, 0.29) is 18.4 Å². The summed E-state index contributed by atoms with van der Waals surface area (Å²) in [6.07, 6.45) is 4.13. The predicted octanol–water partition coefficient (Wildman–Crippen LogP) is 1.88. The van der Waals surface area contributed by atoms with E-state index < -0.39 is 10.2 Å². The average Bonchev–Trinajstić information content (AvgIpc) is 3.09. The van der Waals surface area contributed by atoms with Crippen LogP contribution in [0.3, 0.4) is 0 Å². The molecule has 0 bridgehead atoms. The van der Waals surface area contributed by atoms with E-state index in [0.29, 0.717) is 26.2 Å². The first-order valence-corrected chi connectivity index (χ1v) is 10.3. The molecule has 0 unspecified atom stereocenters.